The smallest absolute Gasteiger partial charge is 0.312 e. The van der Waals surface area contributed by atoms with Crippen LogP contribution < -0.4 is 0 Å². The van der Waals surface area contributed by atoms with E-state index in [-0.39, 0.29) is 30.1 Å². The van der Waals surface area contributed by atoms with Crippen molar-refractivity contribution in [2.75, 3.05) is 0 Å². The molecule has 0 atom stereocenters. The second-order valence-electron chi connectivity index (χ2n) is 5.65. The maximum absolute atomic E-state index is 14.4. The number of thiazole rings is 1. The number of carbonyl (C=O) groups is 1. The van der Waals surface area contributed by atoms with Crippen molar-refractivity contribution < 1.29 is 18.7 Å². The molecule has 0 radical (unpaired) electrons. The molecule has 10 heteroatoms. The molecule has 132 valence electrons. The van der Waals surface area contributed by atoms with E-state index < -0.39 is 11.8 Å². The Morgan fingerprint density at radius 2 is 2.12 bits per heavy atom. The second-order valence-corrected chi connectivity index (χ2v) is 6.77. The van der Waals surface area contributed by atoms with E-state index >= 15 is 0 Å². The van der Waals surface area contributed by atoms with Crippen LogP contribution in [0.5, 0.6) is 0 Å². The fraction of sp³-hybridized carbons (Fsp3) is 0.188. The summed E-state index contributed by atoms with van der Waals surface area (Å²) in [5, 5.41) is 20.9. The Hall–Kier alpha value is -3.14. The van der Waals surface area contributed by atoms with Crippen LogP contribution in [-0.4, -0.2) is 36.0 Å². The lowest BCUT2D eigenvalue weighted by Crippen LogP contribution is -1.99. The molecule has 4 aromatic rings. The molecule has 8 nitrogen and oxygen atoms in total. The zero-order valence-electron chi connectivity index (χ0n) is 13.5. The zero-order valence-corrected chi connectivity index (χ0v) is 14.3. The number of hydrogen-bond acceptors (Lipinski definition) is 7. The Bertz CT molecular complexity index is 1120. The number of benzene rings is 1. The molecule has 0 saturated heterocycles. The van der Waals surface area contributed by atoms with E-state index in [0.29, 0.717) is 9.71 Å². The van der Waals surface area contributed by atoms with Gasteiger partial charge in [-0.2, -0.15) is 5.10 Å². The third-order valence-electron chi connectivity index (χ3n) is 3.64. The summed E-state index contributed by atoms with van der Waals surface area (Å²) in [5.74, 6) is -1.20. The first-order chi connectivity index (χ1) is 12.5. The van der Waals surface area contributed by atoms with Gasteiger partial charge in [0.1, 0.15) is 16.9 Å². The minimum atomic E-state index is -1.05. The molecule has 3 heterocycles. The van der Waals surface area contributed by atoms with Gasteiger partial charge >= 0.3 is 5.97 Å². The van der Waals surface area contributed by atoms with Crippen LogP contribution in [0.3, 0.4) is 0 Å². The van der Waals surface area contributed by atoms with Gasteiger partial charge in [-0.3, -0.25) is 9.48 Å². The van der Waals surface area contributed by atoms with Crippen LogP contribution in [0.25, 0.3) is 21.3 Å². The molecule has 0 bridgehead atoms. The molecular weight excluding hydrogens is 361 g/mol. The van der Waals surface area contributed by atoms with Crippen LogP contribution >= 0.6 is 11.3 Å². The Morgan fingerprint density at radius 3 is 2.85 bits per heavy atom. The monoisotopic (exact) mass is 373 g/mol. The Kier molecular flexibility index (Phi) is 3.96. The summed E-state index contributed by atoms with van der Waals surface area (Å²) in [5.41, 5.74) is 1.82. The van der Waals surface area contributed by atoms with Crippen molar-refractivity contribution in [3.05, 3.63) is 47.1 Å². The summed E-state index contributed by atoms with van der Waals surface area (Å²) in [6, 6.07) is 3.29. The van der Waals surface area contributed by atoms with Crippen molar-refractivity contribution in [1.29, 1.82) is 0 Å². The molecule has 0 unspecified atom stereocenters. The SMILES string of the molecule is Cn1cc(-c2cc(F)c3nc(Cc4nnc(CC(=O)O)o4)sc3c2)cn1. The predicted octanol–water partition coefficient (Wildman–Crippen LogP) is 2.44. The van der Waals surface area contributed by atoms with E-state index in [0.717, 1.165) is 11.1 Å². The number of halogens is 1. The lowest BCUT2D eigenvalue weighted by atomic mass is 10.1. The number of nitrogens with zero attached hydrogens (tertiary/aromatic N) is 5. The summed E-state index contributed by atoms with van der Waals surface area (Å²) in [6.45, 7) is 0. The van der Waals surface area contributed by atoms with Crippen LogP contribution in [0.1, 0.15) is 16.8 Å². The Labute approximate surface area is 149 Å². The Morgan fingerprint density at radius 1 is 1.31 bits per heavy atom. The van der Waals surface area contributed by atoms with Crippen LogP contribution in [0.4, 0.5) is 4.39 Å². The average Bonchev–Trinajstić information content (AvgIpc) is 3.27. The molecule has 1 aromatic carbocycles. The fourth-order valence-electron chi connectivity index (χ4n) is 2.54. The van der Waals surface area contributed by atoms with Gasteiger partial charge in [-0.05, 0) is 17.7 Å². The Balaban J connectivity index is 1.64. The van der Waals surface area contributed by atoms with Crippen molar-refractivity contribution in [3.63, 3.8) is 0 Å². The van der Waals surface area contributed by atoms with Crippen LogP contribution in [0, 0.1) is 5.82 Å². The quantitative estimate of drug-likeness (QED) is 0.572. The summed E-state index contributed by atoms with van der Waals surface area (Å²) < 4.78 is 22.1. The predicted molar refractivity (Wildman–Crippen MR) is 90.2 cm³/mol. The number of aliphatic carboxylic acids is 1. The molecule has 0 aliphatic carbocycles. The molecule has 3 aromatic heterocycles. The van der Waals surface area contributed by atoms with Gasteiger partial charge in [0.05, 0.1) is 17.3 Å². The molecule has 0 aliphatic rings. The van der Waals surface area contributed by atoms with E-state index in [4.69, 9.17) is 9.52 Å². The maximum atomic E-state index is 14.4. The van der Waals surface area contributed by atoms with E-state index in [9.17, 15) is 9.18 Å². The molecule has 0 spiro atoms. The van der Waals surface area contributed by atoms with Crippen LogP contribution in [-0.2, 0) is 24.7 Å². The molecular formula is C16H12FN5O3S. The van der Waals surface area contributed by atoms with Crippen molar-refractivity contribution in [2.24, 2.45) is 7.05 Å². The van der Waals surface area contributed by atoms with Crippen LogP contribution in [0.15, 0.2) is 28.9 Å². The number of fused-ring (bicyclic) bond motifs is 1. The highest BCUT2D eigenvalue weighted by molar-refractivity contribution is 7.18. The number of hydrogen-bond donors (Lipinski definition) is 1. The third kappa shape index (κ3) is 3.18. The summed E-state index contributed by atoms with van der Waals surface area (Å²) >= 11 is 1.32. The summed E-state index contributed by atoms with van der Waals surface area (Å²) in [7, 11) is 1.80. The summed E-state index contributed by atoms with van der Waals surface area (Å²) in [4.78, 5) is 15.0. The number of aryl methyl sites for hydroxylation is 1. The lowest BCUT2D eigenvalue weighted by molar-refractivity contribution is -0.136. The molecule has 0 amide bonds. The highest BCUT2D eigenvalue weighted by atomic mass is 32.1. The van der Waals surface area contributed by atoms with Crippen molar-refractivity contribution >= 4 is 27.5 Å². The van der Waals surface area contributed by atoms with E-state index in [1.165, 1.54) is 17.4 Å². The number of carboxylic acids is 1. The highest BCUT2D eigenvalue weighted by Gasteiger charge is 2.15. The summed E-state index contributed by atoms with van der Waals surface area (Å²) in [6.07, 6.45) is 3.36. The van der Waals surface area contributed by atoms with E-state index in [1.807, 2.05) is 12.3 Å². The van der Waals surface area contributed by atoms with E-state index in [2.05, 4.69) is 20.3 Å². The first-order valence-corrected chi connectivity index (χ1v) is 8.40. The first-order valence-electron chi connectivity index (χ1n) is 7.59. The molecule has 0 aliphatic heterocycles. The van der Waals surface area contributed by atoms with Gasteiger partial charge in [0.25, 0.3) is 0 Å². The van der Waals surface area contributed by atoms with Gasteiger partial charge in [0.2, 0.25) is 11.8 Å². The number of aromatic nitrogens is 5. The topological polar surface area (TPSA) is 107 Å². The highest BCUT2D eigenvalue weighted by Crippen LogP contribution is 2.31. The second kappa shape index (κ2) is 6.30. The van der Waals surface area contributed by atoms with E-state index in [1.54, 1.807) is 17.9 Å². The van der Waals surface area contributed by atoms with Crippen LogP contribution in [0.2, 0.25) is 0 Å². The molecule has 0 fully saturated rings. The van der Waals surface area contributed by atoms with Gasteiger partial charge < -0.3 is 9.52 Å². The third-order valence-corrected chi connectivity index (χ3v) is 4.65. The normalized spacial score (nSPS) is 11.3. The van der Waals surface area contributed by atoms with Gasteiger partial charge in [0.15, 0.2) is 5.82 Å². The van der Waals surface area contributed by atoms with Crippen molar-refractivity contribution in [2.45, 2.75) is 12.8 Å². The molecule has 1 N–H and O–H groups in total. The standard InChI is InChI=1S/C16H12FN5O3S/c1-22-7-9(6-18-22)8-2-10(17)16-11(3-8)26-14(19-16)4-12-20-21-13(25-12)5-15(23)24/h2-3,6-7H,4-5H2,1H3,(H,23,24). The number of carboxylic acid groups (broad SMARTS) is 1. The first kappa shape index (κ1) is 16.3. The van der Waals surface area contributed by atoms with Crippen molar-refractivity contribution in [1.82, 2.24) is 25.0 Å². The molecule has 0 saturated carbocycles. The minimum absolute atomic E-state index is 0.0265. The minimum Gasteiger partial charge on any atom is -0.481 e. The van der Waals surface area contributed by atoms with Crippen molar-refractivity contribution in [3.8, 4) is 11.1 Å². The largest absolute Gasteiger partial charge is 0.481 e. The molecule has 4 rings (SSSR count). The maximum Gasteiger partial charge on any atom is 0.312 e. The number of rotatable bonds is 5. The van der Waals surface area contributed by atoms with Gasteiger partial charge in [0, 0.05) is 18.8 Å². The van der Waals surface area contributed by atoms with Gasteiger partial charge in [-0.15, -0.1) is 21.5 Å². The zero-order chi connectivity index (χ0) is 18.3. The lowest BCUT2D eigenvalue weighted by Gasteiger charge is -1.98. The fourth-order valence-corrected chi connectivity index (χ4v) is 3.55. The average molecular weight is 373 g/mol. The molecule has 26 heavy (non-hydrogen) atoms. The van der Waals surface area contributed by atoms with Gasteiger partial charge in [-0.1, -0.05) is 0 Å². The van der Waals surface area contributed by atoms with Gasteiger partial charge in [-0.25, -0.2) is 9.37 Å².